The Kier molecular flexibility index (Phi) is 4.15. The van der Waals surface area contributed by atoms with Gasteiger partial charge < -0.3 is 9.47 Å². The molecule has 2 aliphatic carbocycles. The molecule has 0 bridgehead atoms. The van der Waals surface area contributed by atoms with Crippen molar-refractivity contribution in [2.75, 3.05) is 13.7 Å². The predicted molar refractivity (Wildman–Crippen MR) is 88.0 cm³/mol. The lowest BCUT2D eigenvalue weighted by molar-refractivity contribution is -0.142. The number of ketones is 1. The molecular formula is C17H16Cl2O4. The summed E-state index contributed by atoms with van der Waals surface area (Å²) >= 11 is 12.7. The normalized spacial score (nSPS) is 22.3. The molecule has 1 aromatic rings. The summed E-state index contributed by atoms with van der Waals surface area (Å²) in [5.74, 6) is -0.0230. The molecule has 1 aromatic carbocycles. The van der Waals surface area contributed by atoms with Crippen LogP contribution >= 0.6 is 23.2 Å². The molecule has 0 fully saturated rings. The van der Waals surface area contributed by atoms with E-state index in [0.29, 0.717) is 17.2 Å². The summed E-state index contributed by atoms with van der Waals surface area (Å²) in [6.45, 7) is 1.90. The number of halogens is 2. The fourth-order valence-corrected chi connectivity index (χ4v) is 3.82. The highest BCUT2D eigenvalue weighted by atomic mass is 35.5. The molecule has 0 radical (unpaired) electrons. The minimum atomic E-state index is -0.494. The molecular weight excluding hydrogens is 339 g/mol. The van der Waals surface area contributed by atoms with Crippen LogP contribution in [0.25, 0.3) is 5.57 Å². The van der Waals surface area contributed by atoms with Gasteiger partial charge in [-0.15, -0.1) is 0 Å². The van der Waals surface area contributed by atoms with Gasteiger partial charge in [0.25, 0.3) is 0 Å². The maximum absolute atomic E-state index is 11.8. The highest BCUT2D eigenvalue weighted by Gasteiger charge is 2.42. The van der Waals surface area contributed by atoms with Gasteiger partial charge in [0.1, 0.15) is 10.8 Å². The number of esters is 1. The van der Waals surface area contributed by atoms with Crippen LogP contribution in [0.4, 0.5) is 0 Å². The van der Waals surface area contributed by atoms with Gasteiger partial charge in [0.05, 0.1) is 12.1 Å². The number of rotatable bonds is 3. The first-order chi connectivity index (χ1) is 10.9. The molecule has 6 heteroatoms. The van der Waals surface area contributed by atoms with Crippen molar-refractivity contribution in [2.24, 2.45) is 5.41 Å². The van der Waals surface area contributed by atoms with E-state index in [1.54, 1.807) is 12.1 Å². The Hall–Kier alpha value is -1.52. The molecule has 122 valence electrons. The quantitative estimate of drug-likeness (QED) is 0.773. The smallest absolute Gasteiger partial charge is 0.343 e. The second-order valence-corrected chi connectivity index (χ2v) is 6.92. The van der Waals surface area contributed by atoms with Crippen LogP contribution < -0.4 is 4.74 Å². The number of carbonyl (C=O) groups excluding carboxylic acids is 2. The molecule has 1 unspecified atom stereocenters. The van der Waals surface area contributed by atoms with Gasteiger partial charge in [0, 0.05) is 12.0 Å². The molecule has 0 N–H and O–H groups in total. The fraction of sp³-hybridized carbons (Fsp3) is 0.412. The third kappa shape index (κ3) is 2.74. The molecule has 3 rings (SSSR count). The lowest BCUT2D eigenvalue weighted by Gasteiger charge is -2.29. The Morgan fingerprint density at radius 1 is 1.35 bits per heavy atom. The van der Waals surface area contributed by atoms with E-state index in [0.717, 1.165) is 29.5 Å². The summed E-state index contributed by atoms with van der Waals surface area (Å²) in [6.07, 6.45) is 3.79. The van der Waals surface area contributed by atoms with Crippen molar-refractivity contribution in [2.45, 2.75) is 26.2 Å². The van der Waals surface area contributed by atoms with Gasteiger partial charge in [-0.05, 0) is 41.5 Å². The van der Waals surface area contributed by atoms with E-state index in [4.69, 9.17) is 27.9 Å². The largest absolute Gasteiger partial charge is 0.480 e. The van der Waals surface area contributed by atoms with Gasteiger partial charge in [0.15, 0.2) is 12.4 Å². The number of benzene rings is 1. The molecule has 0 amide bonds. The maximum Gasteiger partial charge on any atom is 0.343 e. The molecule has 23 heavy (non-hydrogen) atoms. The number of carbonyl (C=O) groups is 2. The second kappa shape index (κ2) is 5.84. The van der Waals surface area contributed by atoms with Crippen molar-refractivity contribution in [3.05, 3.63) is 33.3 Å². The number of hydrogen-bond acceptors (Lipinski definition) is 4. The second-order valence-electron chi connectivity index (χ2n) is 6.16. The van der Waals surface area contributed by atoms with Gasteiger partial charge >= 0.3 is 5.97 Å². The highest BCUT2D eigenvalue weighted by Crippen LogP contribution is 2.55. The average Bonchev–Trinajstić information content (AvgIpc) is 2.81. The van der Waals surface area contributed by atoms with Crippen molar-refractivity contribution in [1.82, 2.24) is 0 Å². The van der Waals surface area contributed by atoms with Crippen LogP contribution in [0, 0.1) is 5.41 Å². The van der Waals surface area contributed by atoms with E-state index >= 15 is 0 Å². The number of methoxy groups -OCH3 is 1. The van der Waals surface area contributed by atoms with Crippen molar-refractivity contribution < 1.29 is 19.1 Å². The first-order valence-corrected chi connectivity index (χ1v) is 8.07. The molecule has 1 atom stereocenters. The zero-order valence-electron chi connectivity index (χ0n) is 12.9. The van der Waals surface area contributed by atoms with E-state index in [2.05, 4.69) is 11.7 Å². The first-order valence-electron chi connectivity index (χ1n) is 7.31. The summed E-state index contributed by atoms with van der Waals surface area (Å²) in [4.78, 5) is 23.0. The first kappa shape index (κ1) is 16.3. The van der Waals surface area contributed by atoms with Crippen LogP contribution in [0.5, 0.6) is 5.75 Å². The van der Waals surface area contributed by atoms with E-state index < -0.39 is 5.97 Å². The Bertz CT molecular complexity index is 739. The number of fused-ring (bicyclic) bond motifs is 3. The third-order valence-electron chi connectivity index (χ3n) is 4.56. The Balaban J connectivity index is 2.03. The zero-order chi connectivity index (χ0) is 16.8. The van der Waals surface area contributed by atoms with Gasteiger partial charge in [-0.2, -0.15) is 0 Å². The summed E-state index contributed by atoms with van der Waals surface area (Å²) in [7, 11) is 1.29. The molecule has 0 saturated heterocycles. The Morgan fingerprint density at radius 3 is 2.78 bits per heavy atom. The Labute approximate surface area is 144 Å². The van der Waals surface area contributed by atoms with E-state index in [-0.39, 0.29) is 22.8 Å². The van der Waals surface area contributed by atoms with Crippen LogP contribution in [0.1, 0.15) is 30.9 Å². The molecule has 2 aliphatic rings. The Morgan fingerprint density at radius 2 is 2.09 bits per heavy atom. The maximum atomic E-state index is 11.8. The van der Waals surface area contributed by atoms with Crippen molar-refractivity contribution in [3.8, 4) is 5.75 Å². The lowest BCUT2D eigenvalue weighted by Crippen LogP contribution is -2.21. The standard InChI is InChI=1S/C17H16Cl2O4/c1-17-4-3-10(20)6-11(17)14-9(7-17)5-12(15(18)16(14)19)23-8-13(21)22-2/h5-6H,3-4,7-8H2,1-2H3. The third-order valence-corrected chi connectivity index (χ3v) is 5.41. The van der Waals surface area contributed by atoms with Crippen LogP contribution in [0.2, 0.25) is 10.0 Å². The monoisotopic (exact) mass is 354 g/mol. The summed E-state index contributed by atoms with van der Waals surface area (Å²) in [5, 5.41) is 0.617. The van der Waals surface area contributed by atoms with E-state index in [1.165, 1.54) is 7.11 Å². The van der Waals surface area contributed by atoms with Crippen molar-refractivity contribution in [3.63, 3.8) is 0 Å². The van der Waals surface area contributed by atoms with E-state index in [1.807, 2.05) is 0 Å². The number of hydrogen-bond donors (Lipinski definition) is 0. The SMILES string of the molecule is COC(=O)COc1cc2c(c(Cl)c1Cl)C1=CC(=O)CCC1(C)C2. The van der Waals surface area contributed by atoms with Gasteiger partial charge in [-0.1, -0.05) is 30.1 Å². The van der Waals surface area contributed by atoms with Gasteiger partial charge in [-0.3, -0.25) is 4.79 Å². The van der Waals surface area contributed by atoms with Crippen LogP contribution in [0.3, 0.4) is 0 Å². The molecule has 0 saturated carbocycles. The minimum Gasteiger partial charge on any atom is -0.480 e. The fourth-order valence-electron chi connectivity index (χ4n) is 3.30. The minimum absolute atomic E-state index is 0.107. The lowest BCUT2D eigenvalue weighted by atomic mass is 9.74. The molecule has 0 spiro atoms. The van der Waals surface area contributed by atoms with Crippen molar-refractivity contribution >= 4 is 40.5 Å². The number of allylic oxidation sites excluding steroid dienone is 2. The summed E-state index contributed by atoms with van der Waals surface area (Å²) < 4.78 is 9.98. The zero-order valence-corrected chi connectivity index (χ0v) is 14.4. The van der Waals surface area contributed by atoms with Crippen LogP contribution in [0.15, 0.2) is 12.1 Å². The molecule has 0 aromatic heterocycles. The molecule has 0 aliphatic heterocycles. The highest BCUT2D eigenvalue weighted by molar-refractivity contribution is 6.44. The average molecular weight is 355 g/mol. The molecule has 4 nitrogen and oxygen atoms in total. The van der Waals surface area contributed by atoms with Gasteiger partial charge in [-0.25, -0.2) is 4.79 Å². The van der Waals surface area contributed by atoms with E-state index in [9.17, 15) is 9.59 Å². The van der Waals surface area contributed by atoms with Crippen molar-refractivity contribution in [1.29, 1.82) is 0 Å². The van der Waals surface area contributed by atoms with Crippen LogP contribution in [-0.2, 0) is 20.7 Å². The van der Waals surface area contributed by atoms with Gasteiger partial charge in [0.2, 0.25) is 0 Å². The summed E-state index contributed by atoms with van der Waals surface area (Å²) in [6, 6.07) is 1.81. The summed E-state index contributed by atoms with van der Waals surface area (Å²) in [5.41, 5.74) is 2.67. The predicted octanol–water partition coefficient (Wildman–Crippen LogP) is 3.85. The molecule has 0 heterocycles. The topological polar surface area (TPSA) is 52.6 Å². The van der Waals surface area contributed by atoms with Crippen LogP contribution in [-0.4, -0.2) is 25.5 Å². The number of ether oxygens (including phenoxy) is 2.